The van der Waals surface area contributed by atoms with Gasteiger partial charge in [0, 0.05) is 26.4 Å². The molecule has 0 saturated heterocycles. The van der Waals surface area contributed by atoms with Crippen LogP contribution in [-0.2, 0) is 22.0 Å². The summed E-state index contributed by atoms with van der Waals surface area (Å²) in [4.78, 5) is 23.1. The number of hydrogen-bond acceptors (Lipinski definition) is 3. The van der Waals surface area contributed by atoms with Crippen molar-refractivity contribution < 1.29 is 14.0 Å². The van der Waals surface area contributed by atoms with Crippen molar-refractivity contribution in [1.82, 2.24) is 10.6 Å². The average Bonchev–Trinajstić information content (AvgIpc) is 3.12. The molecule has 2 aromatic rings. The zero-order chi connectivity index (χ0) is 22.1. The number of hydrogen-bond donors (Lipinski definition) is 2. The number of nitrogens with one attached hydrogen (secondary N) is 2. The maximum absolute atomic E-state index is 12.3. The Bertz CT molecular complexity index is 953. The van der Waals surface area contributed by atoms with Crippen LogP contribution in [-0.4, -0.2) is 24.9 Å². The third-order valence-corrected chi connectivity index (χ3v) is 6.34. The van der Waals surface area contributed by atoms with Crippen LogP contribution in [0, 0.1) is 6.92 Å². The Morgan fingerprint density at radius 2 is 1.57 bits per heavy atom. The first-order valence-corrected chi connectivity index (χ1v) is 10.8. The summed E-state index contributed by atoms with van der Waals surface area (Å²) in [5.41, 5.74) is 5.75. The van der Waals surface area contributed by atoms with Gasteiger partial charge >= 0.3 is 0 Å². The Morgan fingerprint density at radius 3 is 2.20 bits per heavy atom. The molecule has 3 rings (SSSR count). The number of fused-ring (bicyclic) bond motifs is 1. The smallest absolute Gasteiger partial charge is 0.287 e. The molecule has 1 aliphatic carbocycles. The third kappa shape index (κ3) is 4.77. The number of aryl methyl sites for hydroxylation is 1. The molecule has 0 bridgehead atoms. The maximum atomic E-state index is 12.3. The summed E-state index contributed by atoms with van der Waals surface area (Å²) in [6.07, 6.45) is 3.04. The second-order valence-corrected chi connectivity index (χ2v) is 9.77. The van der Waals surface area contributed by atoms with Gasteiger partial charge in [0.1, 0.15) is 5.76 Å². The van der Waals surface area contributed by atoms with E-state index in [0.29, 0.717) is 25.3 Å². The van der Waals surface area contributed by atoms with Crippen molar-refractivity contribution in [1.29, 1.82) is 0 Å². The van der Waals surface area contributed by atoms with E-state index in [2.05, 4.69) is 57.4 Å². The lowest BCUT2D eigenvalue weighted by Crippen LogP contribution is -2.34. The molecule has 1 aliphatic rings. The van der Waals surface area contributed by atoms with E-state index in [-0.39, 0.29) is 22.6 Å². The Kier molecular flexibility index (Phi) is 6.11. The van der Waals surface area contributed by atoms with Gasteiger partial charge in [0.15, 0.2) is 5.76 Å². The van der Waals surface area contributed by atoms with Gasteiger partial charge in [-0.05, 0) is 65.0 Å². The Labute approximate surface area is 179 Å². The van der Waals surface area contributed by atoms with Crippen LogP contribution in [0.3, 0.4) is 0 Å². The van der Waals surface area contributed by atoms with Gasteiger partial charge in [-0.3, -0.25) is 9.59 Å². The average molecular weight is 411 g/mol. The number of furan rings is 1. The first-order chi connectivity index (χ1) is 14.0. The van der Waals surface area contributed by atoms with Gasteiger partial charge in [-0.2, -0.15) is 0 Å². The highest BCUT2D eigenvalue weighted by Gasteiger charge is 2.37. The van der Waals surface area contributed by atoms with Gasteiger partial charge in [0.2, 0.25) is 5.91 Å². The van der Waals surface area contributed by atoms with E-state index in [9.17, 15) is 9.59 Å². The lowest BCUT2D eigenvalue weighted by Gasteiger charge is -2.42. The van der Waals surface area contributed by atoms with Gasteiger partial charge in [-0.1, -0.05) is 39.8 Å². The van der Waals surface area contributed by atoms with Crippen molar-refractivity contribution >= 4 is 11.8 Å². The highest BCUT2D eigenvalue weighted by Crippen LogP contribution is 2.46. The molecule has 0 fully saturated rings. The summed E-state index contributed by atoms with van der Waals surface area (Å²) in [5.74, 6) is 0.691. The number of carbonyl (C=O) groups excluding carboxylic acids is 2. The largest absolute Gasteiger partial charge is 0.456 e. The van der Waals surface area contributed by atoms with E-state index < -0.39 is 0 Å². The van der Waals surface area contributed by atoms with Crippen molar-refractivity contribution in [3.8, 4) is 0 Å². The highest BCUT2D eigenvalue weighted by atomic mass is 16.3. The second-order valence-electron chi connectivity index (χ2n) is 9.77. The van der Waals surface area contributed by atoms with Crippen molar-refractivity contribution in [3.05, 3.63) is 58.0 Å². The molecule has 0 spiro atoms. The van der Waals surface area contributed by atoms with Crippen LogP contribution in [0.15, 0.2) is 28.7 Å². The Morgan fingerprint density at radius 1 is 0.967 bits per heavy atom. The molecular weight excluding hydrogens is 376 g/mol. The minimum absolute atomic E-state index is 0.114. The predicted octanol–water partition coefficient (Wildman–Crippen LogP) is 4.39. The molecule has 162 valence electrons. The number of carbonyl (C=O) groups is 2. The van der Waals surface area contributed by atoms with Crippen molar-refractivity contribution in [2.45, 2.75) is 71.6 Å². The fraction of sp³-hybridized carbons (Fsp3) is 0.520. The molecule has 30 heavy (non-hydrogen) atoms. The molecule has 0 radical (unpaired) electrons. The van der Waals surface area contributed by atoms with E-state index in [1.54, 1.807) is 6.07 Å². The molecule has 5 heteroatoms. The van der Waals surface area contributed by atoms with Crippen LogP contribution in [0.2, 0.25) is 0 Å². The molecular formula is C25H34N2O3. The van der Waals surface area contributed by atoms with E-state index >= 15 is 0 Å². The summed E-state index contributed by atoms with van der Waals surface area (Å²) in [5, 5.41) is 5.41. The lowest BCUT2D eigenvalue weighted by molar-refractivity contribution is -0.118. The molecule has 0 atom stereocenters. The van der Waals surface area contributed by atoms with Crippen LogP contribution in [0.1, 0.15) is 86.0 Å². The zero-order valence-corrected chi connectivity index (χ0v) is 19.1. The molecule has 1 aromatic heterocycles. The SMILES string of the molecule is CC(=O)NCCNC(=O)c1ccc(Cc2cc3c(cc2C)C(C)(C)CCC3(C)C)o1. The minimum Gasteiger partial charge on any atom is -0.456 e. The Balaban J connectivity index is 1.75. The van der Waals surface area contributed by atoms with Gasteiger partial charge in [0.05, 0.1) is 0 Å². The van der Waals surface area contributed by atoms with Crippen LogP contribution < -0.4 is 10.6 Å². The first-order valence-electron chi connectivity index (χ1n) is 10.8. The zero-order valence-electron chi connectivity index (χ0n) is 19.1. The van der Waals surface area contributed by atoms with E-state index in [0.717, 1.165) is 5.76 Å². The standard InChI is InChI=1S/C25H34N2O3/c1-16-13-20-21(25(5,6)10-9-24(20,3)4)15-18(16)14-19-7-8-22(30-19)23(29)27-12-11-26-17(2)28/h7-8,13,15H,9-12,14H2,1-6H3,(H,26,28)(H,27,29). The molecule has 0 aliphatic heterocycles. The van der Waals surface area contributed by atoms with Crippen LogP contribution in [0.4, 0.5) is 0 Å². The van der Waals surface area contributed by atoms with Gasteiger partial charge in [-0.15, -0.1) is 0 Å². The second kappa shape index (κ2) is 8.29. The lowest BCUT2D eigenvalue weighted by atomic mass is 9.62. The van der Waals surface area contributed by atoms with Gasteiger partial charge in [-0.25, -0.2) is 0 Å². The molecule has 2 N–H and O–H groups in total. The number of benzene rings is 1. The molecule has 1 aromatic carbocycles. The topological polar surface area (TPSA) is 71.3 Å². The molecule has 0 saturated carbocycles. The summed E-state index contributed by atoms with van der Waals surface area (Å²) >= 11 is 0. The maximum Gasteiger partial charge on any atom is 0.287 e. The first kappa shape index (κ1) is 22.1. The Hall–Kier alpha value is -2.56. The third-order valence-electron chi connectivity index (χ3n) is 6.34. The summed E-state index contributed by atoms with van der Waals surface area (Å²) < 4.78 is 5.82. The van der Waals surface area contributed by atoms with Crippen molar-refractivity contribution in [3.63, 3.8) is 0 Å². The van der Waals surface area contributed by atoms with Gasteiger partial charge < -0.3 is 15.1 Å². The van der Waals surface area contributed by atoms with Crippen LogP contribution in [0.5, 0.6) is 0 Å². The summed E-state index contributed by atoms with van der Waals surface area (Å²) in [6.45, 7) is 13.7. The normalized spacial score (nSPS) is 16.6. The van der Waals surface area contributed by atoms with Crippen molar-refractivity contribution in [2.24, 2.45) is 0 Å². The van der Waals surface area contributed by atoms with Crippen LogP contribution >= 0.6 is 0 Å². The van der Waals surface area contributed by atoms with E-state index in [1.165, 1.54) is 42.0 Å². The minimum atomic E-state index is -0.267. The number of amides is 2. The summed E-state index contributed by atoms with van der Waals surface area (Å²) in [6, 6.07) is 8.28. The molecule has 5 nitrogen and oxygen atoms in total. The quantitative estimate of drug-likeness (QED) is 0.694. The molecule has 2 amide bonds. The monoisotopic (exact) mass is 410 g/mol. The summed E-state index contributed by atoms with van der Waals surface area (Å²) in [7, 11) is 0. The van der Waals surface area contributed by atoms with Crippen molar-refractivity contribution in [2.75, 3.05) is 13.1 Å². The van der Waals surface area contributed by atoms with E-state index in [4.69, 9.17) is 4.42 Å². The molecule has 0 unspecified atom stereocenters. The fourth-order valence-electron chi connectivity index (χ4n) is 4.24. The van der Waals surface area contributed by atoms with E-state index in [1.807, 2.05) is 6.07 Å². The molecule has 1 heterocycles. The van der Waals surface area contributed by atoms with Crippen LogP contribution in [0.25, 0.3) is 0 Å². The predicted molar refractivity (Wildman–Crippen MR) is 119 cm³/mol. The highest BCUT2D eigenvalue weighted by molar-refractivity contribution is 5.91. The fourth-order valence-corrected chi connectivity index (χ4v) is 4.24. The number of rotatable bonds is 6. The van der Waals surface area contributed by atoms with Gasteiger partial charge in [0.25, 0.3) is 5.91 Å².